The number of nitrogens with one attached hydrogen (secondary N) is 1. The summed E-state index contributed by atoms with van der Waals surface area (Å²) in [5.74, 6) is 2.30. The van der Waals surface area contributed by atoms with Crippen molar-refractivity contribution in [1.29, 1.82) is 0 Å². The Bertz CT molecular complexity index is 609. The molecule has 0 unspecified atom stereocenters. The van der Waals surface area contributed by atoms with Crippen LogP contribution in [0.5, 0.6) is 0 Å². The molecule has 0 saturated heterocycles. The van der Waals surface area contributed by atoms with Gasteiger partial charge in [-0.25, -0.2) is 9.97 Å². The van der Waals surface area contributed by atoms with Crippen LogP contribution in [0.1, 0.15) is 25.1 Å². The highest BCUT2D eigenvalue weighted by Crippen LogP contribution is 2.26. The molecule has 0 fully saturated rings. The maximum absolute atomic E-state index is 4.79. The lowest BCUT2D eigenvalue weighted by Gasteiger charge is -2.13. The molecular formula is C16H20IN3. The van der Waals surface area contributed by atoms with Crippen molar-refractivity contribution in [2.75, 3.05) is 12.4 Å². The second-order valence-electron chi connectivity index (χ2n) is 5.32. The lowest BCUT2D eigenvalue weighted by molar-refractivity contribution is 0.632. The molecular weight excluding hydrogens is 361 g/mol. The van der Waals surface area contributed by atoms with Gasteiger partial charge in [0.25, 0.3) is 0 Å². The highest BCUT2D eigenvalue weighted by atomic mass is 127. The lowest BCUT2D eigenvalue weighted by atomic mass is 10.1. The summed E-state index contributed by atoms with van der Waals surface area (Å²) in [5, 5.41) is 3.18. The Balaban J connectivity index is 2.57. The largest absolute Gasteiger partial charge is 0.372 e. The molecule has 0 aliphatic rings. The Kier molecular flexibility index (Phi) is 4.96. The Hall–Kier alpha value is -1.17. The van der Waals surface area contributed by atoms with Crippen LogP contribution in [0.4, 0.5) is 5.82 Å². The van der Waals surface area contributed by atoms with Crippen LogP contribution in [-0.4, -0.2) is 17.0 Å². The first-order valence-electron chi connectivity index (χ1n) is 6.83. The minimum Gasteiger partial charge on any atom is -0.372 e. The first kappa shape index (κ1) is 15.2. The number of anilines is 1. The van der Waals surface area contributed by atoms with E-state index in [1.165, 1.54) is 5.56 Å². The molecule has 0 amide bonds. The van der Waals surface area contributed by atoms with Crippen molar-refractivity contribution >= 4 is 28.4 Å². The van der Waals surface area contributed by atoms with E-state index in [-0.39, 0.29) is 0 Å². The smallest absolute Gasteiger partial charge is 0.162 e. The molecule has 0 bridgehead atoms. The van der Waals surface area contributed by atoms with E-state index in [0.29, 0.717) is 5.92 Å². The van der Waals surface area contributed by atoms with Gasteiger partial charge in [0.2, 0.25) is 0 Å². The summed E-state index contributed by atoms with van der Waals surface area (Å²) in [7, 11) is 1.91. The van der Waals surface area contributed by atoms with Gasteiger partial charge in [-0.05, 0) is 47.4 Å². The van der Waals surface area contributed by atoms with Crippen molar-refractivity contribution in [2.45, 2.75) is 27.2 Å². The summed E-state index contributed by atoms with van der Waals surface area (Å²) in [6, 6.07) is 8.25. The summed E-state index contributed by atoms with van der Waals surface area (Å²) < 4.78 is 1.12. The SMILES string of the molecule is CNc1nc(-c2ccccc2C)nc(CC(C)C)c1I. The molecule has 2 aromatic rings. The van der Waals surface area contributed by atoms with Crippen molar-refractivity contribution in [1.82, 2.24) is 9.97 Å². The topological polar surface area (TPSA) is 37.8 Å². The summed E-state index contributed by atoms with van der Waals surface area (Å²) >= 11 is 2.33. The second kappa shape index (κ2) is 6.52. The van der Waals surface area contributed by atoms with Crippen LogP contribution < -0.4 is 5.32 Å². The average Bonchev–Trinajstić information content (AvgIpc) is 2.41. The third-order valence-electron chi connectivity index (χ3n) is 3.14. The van der Waals surface area contributed by atoms with E-state index in [2.05, 4.69) is 65.8 Å². The average molecular weight is 381 g/mol. The predicted molar refractivity (Wildman–Crippen MR) is 93.0 cm³/mol. The Morgan fingerprint density at radius 1 is 1.20 bits per heavy atom. The highest BCUT2D eigenvalue weighted by molar-refractivity contribution is 14.1. The molecule has 1 heterocycles. The molecule has 0 spiro atoms. The molecule has 0 radical (unpaired) electrons. The Morgan fingerprint density at radius 3 is 2.50 bits per heavy atom. The fourth-order valence-electron chi connectivity index (χ4n) is 2.13. The van der Waals surface area contributed by atoms with Crippen LogP contribution in [0.3, 0.4) is 0 Å². The van der Waals surface area contributed by atoms with Gasteiger partial charge >= 0.3 is 0 Å². The number of halogens is 1. The first-order valence-corrected chi connectivity index (χ1v) is 7.91. The zero-order valence-corrected chi connectivity index (χ0v) is 14.5. The normalized spacial score (nSPS) is 10.9. The Labute approximate surface area is 134 Å². The first-order chi connectivity index (χ1) is 9.52. The van der Waals surface area contributed by atoms with Crippen LogP contribution >= 0.6 is 22.6 Å². The summed E-state index contributed by atoms with van der Waals surface area (Å²) in [6.07, 6.45) is 0.967. The van der Waals surface area contributed by atoms with Gasteiger partial charge in [0.05, 0.1) is 9.26 Å². The van der Waals surface area contributed by atoms with Crippen LogP contribution in [0, 0.1) is 16.4 Å². The van der Waals surface area contributed by atoms with Gasteiger partial charge in [0.15, 0.2) is 5.82 Å². The van der Waals surface area contributed by atoms with E-state index in [1.807, 2.05) is 19.2 Å². The van der Waals surface area contributed by atoms with Gasteiger partial charge in [-0.2, -0.15) is 0 Å². The predicted octanol–water partition coefficient (Wildman–Crippen LogP) is 4.30. The minimum absolute atomic E-state index is 0.577. The highest BCUT2D eigenvalue weighted by Gasteiger charge is 2.14. The molecule has 0 aliphatic heterocycles. The molecule has 1 aromatic carbocycles. The second-order valence-corrected chi connectivity index (χ2v) is 6.40. The molecule has 0 atom stereocenters. The van der Waals surface area contributed by atoms with Gasteiger partial charge in [0, 0.05) is 12.6 Å². The zero-order valence-electron chi connectivity index (χ0n) is 12.4. The van der Waals surface area contributed by atoms with Gasteiger partial charge in [-0.1, -0.05) is 38.1 Å². The van der Waals surface area contributed by atoms with Crippen LogP contribution in [-0.2, 0) is 6.42 Å². The Morgan fingerprint density at radius 2 is 1.90 bits per heavy atom. The number of hydrogen-bond donors (Lipinski definition) is 1. The standard InChI is InChI=1S/C16H20IN3/c1-10(2)9-13-14(17)16(18-4)20-15(19-13)12-8-6-5-7-11(12)3/h5-8,10H,9H2,1-4H3,(H,18,19,20). The number of benzene rings is 1. The van der Waals surface area contributed by atoms with Crippen LogP contribution in [0.25, 0.3) is 11.4 Å². The quantitative estimate of drug-likeness (QED) is 0.803. The van der Waals surface area contributed by atoms with Crippen LogP contribution in [0.2, 0.25) is 0 Å². The van der Waals surface area contributed by atoms with E-state index >= 15 is 0 Å². The number of aryl methyl sites for hydroxylation is 1. The fourth-order valence-corrected chi connectivity index (χ4v) is 2.86. The molecule has 106 valence electrons. The molecule has 1 aromatic heterocycles. The van der Waals surface area contributed by atoms with Gasteiger partial charge in [-0.3, -0.25) is 0 Å². The van der Waals surface area contributed by atoms with Crippen molar-refractivity contribution in [3.63, 3.8) is 0 Å². The number of nitrogens with zero attached hydrogens (tertiary/aromatic N) is 2. The third kappa shape index (κ3) is 3.29. The van der Waals surface area contributed by atoms with Crippen molar-refractivity contribution < 1.29 is 0 Å². The van der Waals surface area contributed by atoms with Crippen molar-refractivity contribution in [3.8, 4) is 11.4 Å². The monoisotopic (exact) mass is 381 g/mol. The molecule has 4 heteroatoms. The number of hydrogen-bond acceptors (Lipinski definition) is 3. The maximum atomic E-state index is 4.79. The molecule has 1 N–H and O–H groups in total. The van der Waals surface area contributed by atoms with E-state index in [9.17, 15) is 0 Å². The van der Waals surface area contributed by atoms with Crippen LogP contribution in [0.15, 0.2) is 24.3 Å². The van der Waals surface area contributed by atoms with E-state index in [0.717, 1.165) is 32.9 Å². The maximum Gasteiger partial charge on any atom is 0.162 e. The molecule has 3 nitrogen and oxygen atoms in total. The molecule has 20 heavy (non-hydrogen) atoms. The number of rotatable bonds is 4. The molecule has 2 rings (SSSR count). The van der Waals surface area contributed by atoms with Crippen molar-refractivity contribution in [3.05, 3.63) is 39.1 Å². The molecule has 0 aliphatic carbocycles. The lowest BCUT2D eigenvalue weighted by Crippen LogP contribution is -2.08. The summed E-state index contributed by atoms with van der Waals surface area (Å²) in [5.41, 5.74) is 3.43. The van der Waals surface area contributed by atoms with E-state index < -0.39 is 0 Å². The minimum atomic E-state index is 0.577. The van der Waals surface area contributed by atoms with Gasteiger partial charge in [0.1, 0.15) is 5.82 Å². The summed E-state index contributed by atoms with van der Waals surface area (Å²) in [4.78, 5) is 9.45. The van der Waals surface area contributed by atoms with E-state index in [1.54, 1.807) is 0 Å². The summed E-state index contributed by atoms with van der Waals surface area (Å²) in [6.45, 7) is 6.52. The van der Waals surface area contributed by atoms with Gasteiger partial charge in [-0.15, -0.1) is 0 Å². The third-order valence-corrected chi connectivity index (χ3v) is 4.28. The molecule has 0 saturated carbocycles. The zero-order chi connectivity index (χ0) is 14.7. The number of aromatic nitrogens is 2. The van der Waals surface area contributed by atoms with E-state index in [4.69, 9.17) is 4.98 Å². The fraction of sp³-hybridized carbons (Fsp3) is 0.375. The van der Waals surface area contributed by atoms with Crippen molar-refractivity contribution in [2.24, 2.45) is 5.92 Å². The van der Waals surface area contributed by atoms with Gasteiger partial charge < -0.3 is 5.32 Å².